The van der Waals surface area contributed by atoms with Crippen LogP contribution in [-0.4, -0.2) is 29.7 Å². The zero-order valence-corrected chi connectivity index (χ0v) is 16.0. The van der Waals surface area contributed by atoms with Crippen LogP contribution >= 0.6 is 11.6 Å². The number of benzene rings is 2. The molecule has 0 saturated heterocycles. The summed E-state index contributed by atoms with van der Waals surface area (Å²) in [7, 11) is 0. The Bertz CT molecular complexity index is 979. The normalized spacial score (nSPS) is 10.8. The Morgan fingerprint density at radius 2 is 1.63 bits per heavy atom. The molecule has 1 heterocycles. The van der Waals surface area contributed by atoms with E-state index >= 15 is 0 Å². The highest BCUT2D eigenvalue weighted by molar-refractivity contribution is 6.31. The summed E-state index contributed by atoms with van der Waals surface area (Å²) < 4.78 is 12.2. The molecule has 0 radical (unpaired) electrons. The number of hydrogen-bond donors (Lipinski definition) is 0. The standard InChI is InChI=1S/C21H20ClNO4/c1-3-26-20(24)18-16-12-15(22)10-11-17(16)23(19(18)21(25)27-4-2)13-14-8-6-5-7-9-14/h5-12H,3-4,13H2,1-2H3. The molecule has 0 amide bonds. The van der Waals surface area contributed by atoms with Gasteiger partial charge in [-0.25, -0.2) is 9.59 Å². The molecule has 140 valence electrons. The minimum atomic E-state index is -0.570. The predicted molar refractivity (Wildman–Crippen MR) is 104 cm³/mol. The lowest BCUT2D eigenvalue weighted by Crippen LogP contribution is -2.18. The van der Waals surface area contributed by atoms with E-state index in [1.54, 1.807) is 36.6 Å². The smallest absolute Gasteiger partial charge is 0.355 e. The molecule has 0 unspecified atom stereocenters. The van der Waals surface area contributed by atoms with E-state index in [1.807, 2.05) is 30.3 Å². The Hall–Kier alpha value is -2.79. The predicted octanol–water partition coefficient (Wildman–Crippen LogP) is 4.70. The van der Waals surface area contributed by atoms with Gasteiger partial charge in [0, 0.05) is 22.5 Å². The molecule has 0 spiro atoms. The van der Waals surface area contributed by atoms with Gasteiger partial charge in [0.1, 0.15) is 11.3 Å². The number of esters is 2. The van der Waals surface area contributed by atoms with E-state index in [1.165, 1.54) is 0 Å². The lowest BCUT2D eigenvalue weighted by atomic mass is 10.1. The molecule has 0 fully saturated rings. The van der Waals surface area contributed by atoms with Crippen molar-refractivity contribution in [2.75, 3.05) is 13.2 Å². The summed E-state index contributed by atoms with van der Waals surface area (Å²) in [6.07, 6.45) is 0. The van der Waals surface area contributed by atoms with Crippen LogP contribution in [0.3, 0.4) is 0 Å². The molecule has 5 nitrogen and oxygen atoms in total. The van der Waals surface area contributed by atoms with E-state index in [9.17, 15) is 9.59 Å². The number of rotatable bonds is 6. The van der Waals surface area contributed by atoms with Gasteiger partial charge in [0.05, 0.1) is 13.2 Å². The summed E-state index contributed by atoms with van der Waals surface area (Å²) in [4.78, 5) is 25.4. The van der Waals surface area contributed by atoms with Gasteiger partial charge in [-0.15, -0.1) is 0 Å². The molecule has 0 aliphatic heterocycles. The largest absolute Gasteiger partial charge is 0.462 e. The van der Waals surface area contributed by atoms with Gasteiger partial charge in [-0.1, -0.05) is 41.9 Å². The zero-order chi connectivity index (χ0) is 19.4. The summed E-state index contributed by atoms with van der Waals surface area (Å²) in [5, 5.41) is 1.04. The van der Waals surface area contributed by atoms with Crippen molar-refractivity contribution in [3.63, 3.8) is 0 Å². The number of aromatic nitrogens is 1. The van der Waals surface area contributed by atoms with Crippen LogP contribution in [0.2, 0.25) is 5.02 Å². The molecule has 6 heteroatoms. The van der Waals surface area contributed by atoms with E-state index < -0.39 is 11.9 Å². The highest BCUT2D eigenvalue weighted by Crippen LogP contribution is 2.31. The lowest BCUT2D eigenvalue weighted by Gasteiger charge is -2.11. The number of nitrogens with zero attached hydrogens (tertiary/aromatic N) is 1. The van der Waals surface area contributed by atoms with Gasteiger partial charge in [0.15, 0.2) is 0 Å². The summed E-state index contributed by atoms with van der Waals surface area (Å²) in [6.45, 7) is 4.26. The van der Waals surface area contributed by atoms with Gasteiger partial charge in [-0.05, 0) is 37.6 Å². The maximum atomic E-state index is 12.8. The number of ether oxygens (including phenoxy) is 2. The van der Waals surface area contributed by atoms with Crippen molar-refractivity contribution >= 4 is 34.4 Å². The summed E-state index contributed by atoms with van der Waals surface area (Å²) in [5.41, 5.74) is 2.07. The zero-order valence-electron chi connectivity index (χ0n) is 15.2. The first-order valence-corrected chi connectivity index (χ1v) is 9.14. The van der Waals surface area contributed by atoms with E-state index in [0.717, 1.165) is 5.56 Å². The van der Waals surface area contributed by atoms with Crippen molar-refractivity contribution in [2.24, 2.45) is 0 Å². The van der Waals surface area contributed by atoms with Gasteiger partial charge in [0.25, 0.3) is 0 Å². The van der Waals surface area contributed by atoms with E-state index in [0.29, 0.717) is 22.5 Å². The molecule has 3 rings (SSSR count). The fourth-order valence-corrected chi connectivity index (χ4v) is 3.25. The number of carbonyl (C=O) groups excluding carboxylic acids is 2. The summed E-state index contributed by atoms with van der Waals surface area (Å²) in [6, 6.07) is 14.9. The molecular weight excluding hydrogens is 366 g/mol. The van der Waals surface area contributed by atoms with Crippen LogP contribution < -0.4 is 0 Å². The van der Waals surface area contributed by atoms with Crippen molar-refractivity contribution in [3.8, 4) is 0 Å². The highest BCUT2D eigenvalue weighted by Gasteiger charge is 2.29. The van der Waals surface area contributed by atoms with Crippen molar-refractivity contribution in [2.45, 2.75) is 20.4 Å². The average Bonchev–Trinajstić information content (AvgIpc) is 2.96. The van der Waals surface area contributed by atoms with Crippen molar-refractivity contribution < 1.29 is 19.1 Å². The van der Waals surface area contributed by atoms with Gasteiger partial charge >= 0.3 is 11.9 Å². The quantitative estimate of drug-likeness (QED) is 0.577. The van der Waals surface area contributed by atoms with Gasteiger partial charge in [-0.2, -0.15) is 0 Å². The lowest BCUT2D eigenvalue weighted by molar-refractivity contribution is 0.0472. The number of halogens is 1. The average molecular weight is 386 g/mol. The van der Waals surface area contributed by atoms with Crippen LogP contribution in [0.15, 0.2) is 48.5 Å². The Kier molecular flexibility index (Phi) is 5.81. The first kappa shape index (κ1) is 19.0. The number of carbonyl (C=O) groups is 2. The molecule has 2 aromatic carbocycles. The third-order valence-electron chi connectivity index (χ3n) is 4.16. The second kappa shape index (κ2) is 8.27. The molecule has 0 aliphatic rings. The second-order valence-corrected chi connectivity index (χ2v) is 6.33. The molecular formula is C21H20ClNO4. The third kappa shape index (κ3) is 3.83. The van der Waals surface area contributed by atoms with Crippen molar-refractivity contribution in [3.05, 3.63) is 70.4 Å². The van der Waals surface area contributed by atoms with E-state index in [2.05, 4.69) is 0 Å². The molecule has 0 bridgehead atoms. The minimum Gasteiger partial charge on any atom is -0.462 e. The highest BCUT2D eigenvalue weighted by atomic mass is 35.5. The third-order valence-corrected chi connectivity index (χ3v) is 4.39. The van der Waals surface area contributed by atoms with E-state index in [-0.39, 0.29) is 24.5 Å². The maximum absolute atomic E-state index is 12.8. The number of hydrogen-bond acceptors (Lipinski definition) is 4. The molecule has 0 aliphatic carbocycles. The van der Waals surface area contributed by atoms with Gasteiger partial charge in [0.2, 0.25) is 0 Å². The van der Waals surface area contributed by atoms with Crippen LogP contribution in [0.25, 0.3) is 10.9 Å². The van der Waals surface area contributed by atoms with Crippen LogP contribution in [0, 0.1) is 0 Å². The maximum Gasteiger partial charge on any atom is 0.355 e. The molecule has 1 aromatic heterocycles. The first-order valence-electron chi connectivity index (χ1n) is 8.76. The topological polar surface area (TPSA) is 57.5 Å². The number of fused-ring (bicyclic) bond motifs is 1. The molecule has 27 heavy (non-hydrogen) atoms. The Morgan fingerprint density at radius 1 is 0.963 bits per heavy atom. The Morgan fingerprint density at radius 3 is 2.30 bits per heavy atom. The van der Waals surface area contributed by atoms with Crippen LogP contribution in [0.4, 0.5) is 0 Å². The molecule has 3 aromatic rings. The van der Waals surface area contributed by atoms with Gasteiger partial charge < -0.3 is 14.0 Å². The summed E-state index contributed by atoms with van der Waals surface area (Å²) >= 11 is 6.16. The van der Waals surface area contributed by atoms with Crippen LogP contribution in [-0.2, 0) is 16.0 Å². The Balaban J connectivity index is 2.29. The SMILES string of the molecule is CCOC(=O)c1c(C(=O)OCC)n(Cc2ccccc2)c2ccc(Cl)cc12. The molecule has 0 atom stereocenters. The van der Waals surface area contributed by atoms with Crippen LogP contribution in [0.1, 0.15) is 40.3 Å². The van der Waals surface area contributed by atoms with E-state index in [4.69, 9.17) is 21.1 Å². The fourth-order valence-electron chi connectivity index (χ4n) is 3.08. The summed E-state index contributed by atoms with van der Waals surface area (Å²) in [5.74, 6) is -1.14. The molecule has 0 saturated carbocycles. The Labute approximate surface area is 162 Å². The first-order chi connectivity index (χ1) is 13.1. The van der Waals surface area contributed by atoms with Crippen LogP contribution in [0.5, 0.6) is 0 Å². The molecule has 0 N–H and O–H groups in total. The monoisotopic (exact) mass is 385 g/mol. The fraction of sp³-hybridized carbons (Fsp3) is 0.238. The second-order valence-electron chi connectivity index (χ2n) is 5.90. The van der Waals surface area contributed by atoms with Gasteiger partial charge in [-0.3, -0.25) is 0 Å². The minimum absolute atomic E-state index is 0.177. The van der Waals surface area contributed by atoms with Crippen molar-refractivity contribution in [1.82, 2.24) is 4.57 Å². The van der Waals surface area contributed by atoms with Crippen molar-refractivity contribution in [1.29, 1.82) is 0 Å².